The number of methoxy groups -OCH3 is 2. The van der Waals surface area contributed by atoms with Crippen LogP contribution in [-0.2, 0) is 22.6 Å². The van der Waals surface area contributed by atoms with Crippen LogP contribution in [0.3, 0.4) is 0 Å². The maximum absolute atomic E-state index is 12.7. The third-order valence-electron chi connectivity index (χ3n) is 5.69. The lowest BCUT2D eigenvalue weighted by atomic mass is 10.1. The van der Waals surface area contributed by atoms with Crippen LogP contribution in [0, 0.1) is 0 Å². The number of aromatic nitrogens is 1. The molecule has 3 N–H and O–H groups in total. The van der Waals surface area contributed by atoms with E-state index in [0.29, 0.717) is 18.7 Å². The number of ether oxygens (including phenoxy) is 2. The number of hydrogen-bond donors (Lipinski definition) is 3. The molecular weight excluding hydrogens is 424 g/mol. The topological polar surface area (TPSA) is 113 Å². The van der Waals surface area contributed by atoms with E-state index in [0.717, 1.165) is 32.7 Å². The molecule has 33 heavy (non-hydrogen) atoms. The van der Waals surface area contributed by atoms with Crippen molar-refractivity contribution in [3.63, 3.8) is 0 Å². The van der Waals surface area contributed by atoms with Gasteiger partial charge in [0, 0.05) is 23.6 Å². The summed E-state index contributed by atoms with van der Waals surface area (Å²) in [5, 5.41) is 6.47. The van der Waals surface area contributed by atoms with Gasteiger partial charge in [0.2, 0.25) is 5.91 Å². The van der Waals surface area contributed by atoms with Crippen LogP contribution in [0.5, 0.6) is 11.5 Å². The smallest absolute Gasteiger partial charge is 0.325 e. The molecule has 0 spiro atoms. The molecule has 0 bridgehead atoms. The zero-order valence-corrected chi connectivity index (χ0v) is 18.5. The van der Waals surface area contributed by atoms with Crippen molar-refractivity contribution in [3.05, 3.63) is 59.8 Å². The number of carbonyl (C=O) groups excluding carboxylic acids is 3. The van der Waals surface area contributed by atoms with Crippen LogP contribution in [0.2, 0.25) is 0 Å². The second-order valence-corrected chi connectivity index (χ2v) is 7.80. The summed E-state index contributed by atoms with van der Waals surface area (Å²) in [7, 11) is 3.19. The van der Waals surface area contributed by atoms with E-state index in [1.807, 2.05) is 24.4 Å². The molecule has 1 aromatic heterocycles. The second kappa shape index (κ2) is 9.64. The van der Waals surface area contributed by atoms with Crippen molar-refractivity contribution in [2.45, 2.75) is 25.4 Å². The molecule has 1 unspecified atom stereocenters. The van der Waals surface area contributed by atoms with Crippen molar-refractivity contribution in [2.75, 3.05) is 20.8 Å². The summed E-state index contributed by atoms with van der Waals surface area (Å²) < 4.78 is 10.4. The lowest BCUT2D eigenvalue weighted by Gasteiger charge is -2.13. The van der Waals surface area contributed by atoms with Gasteiger partial charge in [-0.3, -0.25) is 14.5 Å². The van der Waals surface area contributed by atoms with Gasteiger partial charge in [0.05, 0.1) is 27.2 Å². The van der Waals surface area contributed by atoms with E-state index in [1.54, 1.807) is 38.5 Å². The predicted octanol–water partition coefficient (Wildman–Crippen LogP) is 2.35. The number of nitrogens with one attached hydrogen (secondary N) is 3. The van der Waals surface area contributed by atoms with Crippen LogP contribution < -0.4 is 20.1 Å². The number of nitrogens with zero attached hydrogens (tertiary/aromatic N) is 1. The molecule has 172 valence electrons. The quantitative estimate of drug-likeness (QED) is 0.433. The van der Waals surface area contributed by atoms with Gasteiger partial charge in [0.1, 0.15) is 17.5 Å². The Hall–Kier alpha value is -4.01. The van der Waals surface area contributed by atoms with E-state index < -0.39 is 18.0 Å². The minimum absolute atomic E-state index is 0.106. The van der Waals surface area contributed by atoms with Crippen molar-refractivity contribution in [1.29, 1.82) is 0 Å². The van der Waals surface area contributed by atoms with E-state index in [9.17, 15) is 14.4 Å². The number of imide groups is 1. The maximum Gasteiger partial charge on any atom is 0.325 e. The molecule has 2 aromatic carbocycles. The molecule has 4 rings (SSSR count). The summed E-state index contributed by atoms with van der Waals surface area (Å²) in [5.74, 6) is 0.756. The van der Waals surface area contributed by atoms with Gasteiger partial charge in [-0.05, 0) is 47.9 Å². The molecule has 9 nitrogen and oxygen atoms in total. The van der Waals surface area contributed by atoms with Crippen molar-refractivity contribution in [3.8, 4) is 11.5 Å². The Morgan fingerprint density at radius 1 is 1.06 bits per heavy atom. The average molecular weight is 450 g/mol. The Balaban J connectivity index is 1.29. The van der Waals surface area contributed by atoms with Gasteiger partial charge in [0.15, 0.2) is 0 Å². The van der Waals surface area contributed by atoms with E-state index in [-0.39, 0.29) is 18.9 Å². The number of fused-ring (bicyclic) bond motifs is 1. The van der Waals surface area contributed by atoms with Crippen LogP contribution in [0.4, 0.5) is 4.79 Å². The number of aromatic amines is 1. The third-order valence-corrected chi connectivity index (χ3v) is 5.69. The highest BCUT2D eigenvalue weighted by Crippen LogP contribution is 2.24. The molecule has 1 aliphatic rings. The lowest BCUT2D eigenvalue weighted by molar-refractivity contribution is -0.131. The summed E-state index contributed by atoms with van der Waals surface area (Å²) in [5.41, 5.74) is 2.84. The van der Waals surface area contributed by atoms with Gasteiger partial charge in [-0.25, -0.2) is 4.79 Å². The fourth-order valence-corrected chi connectivity index (χ4v) is 3.86. The second-order valence-electron chi connectivity index (χ2n) is 7.80. The highest BCUT2D eigenvalue weighted by Gasteiger charge is 2.38. The third kappa shape index (κ3) is 4.92. The molecule has 9 heteroatoms. The number of hydrogen-bond acceptors (Lipinski definition) is 5. The summed E-state index contributed by atoms with van der Waals surface area (Å²) in [4.78, 5) is 41.7. The molecule has 1 saturated heterocycles. The number of carbonyl (C=O) groups is 3. The van der Waals surface area contributed by atoms with Gasteiger partial charge < -0.3 is 25.1 Å². The first-order chi connectivity index (χ1) is 16.0. The number of urea groups is 1. The molecule has 3 aromatic rings. The molecular formula is C24H26N4O5. The van der Waals surface area contributed by atoms with E-state index in [2.05, 4.69) is 15.6 Å². The summed E-state index contributed by atoms with van der Waals surface area (Å²) in [6.45, 7) is 0.546. The Bertz CT molecular complexity index is 1170. The predicted molar refractivity (Wildman–Crippen MR) is 122 cm³/mol. The van der Waals surface area contributed by atoms with Crippen molar-refractivity contribution < 1.29 is 23.9 Å². The largest absolute Gasteiger partial charge is 0.497 e. The van der Waals surface area contributed by atoms with Crippen molar-refractivity contribution in [1.82, 2.24) is 20.5 Å². The molecule has 0 radical (unpaired) electrons. The zero-order valence-electron chi connectivity index (χ0n) is 18.5. The Kier molecular flexibility index (Phi) is 6.48. The van der Waals surface area contributed by atoms with Gasteiger partial charge in [0.25, 0.3) is 5.91 Å². The minimum Gasteiger partial charge on any atom is -0.497 e. The standard InChI is InChI=1S/C24H26N4O5/c1-32-17-5-3-15(4-6-17)14-28-23(30)21(27-24(28)31)12-22(29)25-10-9-16-13-26-20-8-7-18(33-2)11-19(16)20/h3-8,11,13,21,26H,9-10,12,14H2,1-2H3,(H,25,29)(H,27,31). The first kappa shape index (κ1) is 22.2. The van der Waals surface area contributed by atoms with Gasteiger partial charge in [-0.15, -0.1) is 0 Å². The maximum atomic E-state index is 12.7. The highest BCUT2D eigenvalue weighted by atomic mass is 16.5. The molecule has 0 aliphatic carbocycles. The molecule has 2 heterocycles. The molecule has 4 amide bonds. The molecule has 0 saturated carbocycles. The first-order valence-corrected chi connectivity index (χ1v) is 10.6. The van der Waals surface area contributed by atoms with Crippen LogP contribution in [0.15, 0.2) is 48.7 Å². The van der Waals surface area contributed by atoms with E-state index in [4.69, 9.17) is 9.47 Å². The lowest BCUT2D eigenvalue weighted by Crippen LogP contribution is -2.37. The molecule has 1 fully saturated rings. The first-order valence-electron chi connectivity index (χ1n) is 10.6. The van der Waals surface area contributed by atoms with Crippen LogP contribution in [0.1, 0.15) is 17.5 Å². The van der Waals surface area contributed by atoms with Crippen LogP contribution >= 0.6 is 0 Å². The Labute approximate surface area is 191 Å². The Morgan fingerprint density at radius 2 is 1.79 bits per heavy atom. The molecule has 1 aliphatic heterocycles. The Morgan fingerprint density at radius 3 is 2.52 bits per heavy atom. The molecule has 1 atom stereocenters. The van der Waals surface area contributed by atoms with Gasteiger partial charge in [-0.2, -0.15) is 0 Å². The highest BCUT2D eigenvalue weighted by molar-refractivity contribution is 6.05. The fourth-order valence-electron chi connectivity index (χ4n) is 3.86. The number of rotatable bonds is 9. The minimum atomic E-state index is -0.868. The van der Waals surface area contributed by atoms with Crippen molar-refractivity contribution >= 4 is 28.7 Å². The van der Waals surface area contributed by atoms with Crippen molar-refractivity contribution in [2.24, 2.45) is 0 Å². The van der Waals surface area contributed by atoms with E-state index in [1.165, 1.54) is 0 Å². The van der Waals surface area contributed by atoms with E-state index >= 15 is 0 Å². The van der Waals surface area contributed by atoms with Crippen LogP contribution in [0.25, 0.3) is 10.9 Å². The SMILES string of the molecule is COc1ccc(CN2C(=O)NC(CC(=O)NCCc3c[nH]c4ccc(OC)cc34)C2=O)cc1. The normalized spacial score (nSPS) is 15.6. The summed E-state index contributed by atoms with van der Waals surface area (Å²) >= 11 is 0. The van der Waals surface area contributed by atoms with Gasteiger partial charge >= 0.3 is 6.03 Å². The fraction of sp³-hybridized carbons (Fsp3) is 0.292. The number of H-pyrrole nitrogens is 1. The average Bonchev–Trinajstić information content (AvgIpc) is 3.34. The van der Waals surface area contributed by atoms with Crippen LogP contribution in [-0.4, -0.2) is 54.5 Å². The zero-order chi connectivity index (χ0) is 23.4. The summed E-state index contributed by atoms with van der Waals surface area (Å²) in [6.07, 6.45) is 2.42. The number of amides is 4. The monoisotopic (exact) mass is 450 g/mol. The number of benzene rings is 2. The van der Waals surface area contributed by atoms with Gasteiger partial charge in [-0.1, -0.05) is 12.1 Å². The summed E-state index contributed by atoms with van der Waals surface area (Å²) in [6, 6.07) is 11.5.